The second-order valence-corrected chi connectivity index (χ2v) is 3.76. The fourth-order valence-electron chi connectivity index (χ4n) is 0.553. The molecule has 0 bridgehead atoms. The lowest BCUT2D eigenvalue weighted by molar-refractivity contribution is 0.712. The molecular weight excluding hydrogens is 116 g/mol. The number of hydrogen-bond donors (Lipinski definition) is 2. The van der Waals surface area contributed by atoms with Crippen LogP contribution >= 0.6 is 0 Å². The Morgan fingerprint density at radius 1 is 1.62 bits per heavy atom. The first-order valence-corrected chi connectivity index (χ1v) is 4.80. The first-order valence-electron chi connectivity index (χ1n) is 3.17. The molecule has 49 valence electrons. The number of hydrazine groups is 1. The molecule has 0 aliphatic rings. The molecule has 0 heterocycles. The van der Waals surface area contributed by atoms with E-state index in [1.165, 1.54) is 18.5 Å². The zero-order chi connectivity index (χ0) is 6.24. The SMILES string of the molecule is CC[SiH]CCCNN. The molecule has 0 fully saturated rings. The minimum Gasteiger partial charge on any atom is -0.271 e. The van der Waals surface area contributed by atoms with Gasteiger partial charge in [-0.15, -0.1) is 0 Å². The van der Waals surface area contributed by atoms with E-state index in [2.05, 4.69) is 12.3 Å². The minimum atomic E-state index is 0.717. The lowest BCUT2D eigenvalue weighted by Crippen LogP contribution is -2.22. The Hall–Kier alpha value is 0.137. The van der Waals surface area contributed by atoms with E-state index in [9.17, 15) is 0 Å². The van der Waals surface area contributed by atoms with Crippen LogP contribution in [-0.4, -0.2) is 16.1 Å². The van der Waals surface area contributed by atoms with Crippen LogP contribution in [0.4, 0.5) is 0 Å². The molecule has 0 amide bonds. The third-order valence-corrected chi connectivity index (χ3v) is 2.41. The van der Waals surface area contributed by atoms with E-state index in [1.54, 1.807) is 0 Å². The van der Waals surface area contributed by atoms with Gasteiger partial charge in [0, 0.05) is 16.1 Å². The second kappa shape index (κ2) is 7.14. The predicted molar refractivity (Wildman–Crippen MR) is 39.2 cm³/mol. The molecule has 0 aromatic rings. The van der Waals surface area contributed by atoms with Crippen LogP contribution in [-0.2, 0) is 0 Å². The van der Waals surface area contributed by atoms with Crippen molar-refractivity contribution in [3.8, 4) is 0 Å². The van der Waals surface area contributed by atoms with Gasteiger partial charge in [0.05, 0.1) is 0 Å². The van der Waals surface area contributed by atoms with E-state index in [1.807, 2.05) is 0 Å². The quantitative estimate of drug-likeness (QED) is 0.241. The highest BCUT2D eigenvalue weighted by molar-refractivity contribution is 6.35. The Kier molecular flexibility index (Phi) is 7.26. The van der Waals surface area contributed by atoms with Crippen LogP contribution in [0.2, 0.25) is 12.1 Å². The first kappa shape index (κ1) is 8.14. The summed E-state index contributed by atoms with van der Waals surface area (Å²) in [7, 11) is 0.717. The van der Waals surface area contributed by atoms with Crippen molar-refractivity contribution in [3.05, 3.63) is 0 Å². The number of rotatable bonds is 5. The lowest BCUT2D eigenvalue weighted by Gasteiger charge is -1.94. The van der Waals surface area contributed by atoms with E-state index in [-0.39, 0.29) is 0 Å². The number of hydrogen-bond acceptors (Lipinski definition) is 2. The average Bonchev–Trinajstić information content (AvgIpc) is 1.81. The molecule has 0 atom stereocenters. The monoisotopic (exact) mass is 131 g/mol. The van der Waals surface area contributed by atoms with E-state index in [0.29, 0.717) is 0 Å². The lowest BCUT2D eigenvalue weighted by atomic mass is 10.5. The molecule has 0 saturated carbocycles. The molecule has 3 N–H and O–H groups in total. The molecule has 0 aliphatic carbocycles. The van der Waals surface area contributed by atoms with Gasteiger partial charge in [0.25, 0.3) is 0 Å². The van der Waals surface area contributed by atoms with Gasteiger partial charge in [-0.3, -0.25) is 11.3 Å². The Labute approximate surface area is 53.6 Å². The maximum atomic E-state index is 5.07. The van der Waals surface area contributed by atoms with Gasteiger partial charge in [-0.25, -0.2) is 0 Å². The van der Waals surface area contributed by atoms with Gasteiger partial charge in [0.2, 0.25) is 0 Å². The van der Waals surface area contributed by atoms with E-state index in [4.69, 9.17) is 5.84 Å². The van der Waals surface area contributed by atoms with Gasteiger partial charge in [-0.1, -0.05) is 19.0 Å². The van der Waals surface area contributed by atoms with Gasteiger partial charge >= 0.3 is 0 Å². The summed E-state index contributed by atoms with van der Waals surface area (Å²) in [6.07, 6.45) is 1.25. The van der Waals surface area contributed by atoms with E-state index in [0.717, 1.165) is 16.1 Å². The summed E-state index contributed by atoms with van der Waals surface area (Å²) in [5.41, 5.74) is 2.64. The van der Waals surface area contributed by atoms with Crippen LogP contribution in [0.1, 0.15) is 13.3 Å². The molecule has 3 heteroatoms. The summed E-state index contributed by atoms with van der Waals surface area (Å²) in [5.74, 6) is 5.07. The van der Waals surface area contributed by atoms with E-state index >= 15 is 0 Å². The summed E-state index contributed by atoms with van der Waals surface area (Å²) in [6, 6.07) is 2.77. The van der Waals surface area contributed by atoms with Crippen LogP contribution < -0.4 is 11.3 Å². The maximum absolute atomic E-state index is 5.07. The summed E-state index contributed by atoms with van der Waals surface area (Å²) >= 11 is 0. The van der Waals surface area contributed by atoms with Crippen LogP contribution in [0.25, 0.3) is 0 Å². The van der Waals surface area contributed by atoms with Gasteiger partial charge in [-0.2, -0.15) is 0 Å². The van der Waals surface area contributed by atoms with Crippen LogP contribution in [0.5, 0.6) is 0 Å². The maximum Gasteiger partial charge on any atom is 0.0277 e. The Balaban J connectivity index is 2.53. The topological polar surface area (TPSA) is 38.0 Å². The molecule has 0 unspecified atom stereocenters. The van der Waals surface area contributed by atoms with Crippen molar-refractivity contribution in [3.63, 3.8) is 0 Å². The molecule has 0 aromatic carbocycles. The molecule has 1 radical (unpaired) electrons. The predicted octanol–water partition coefficient (Wildman–Crippen LogP) is 0.133. The largest absolute Gasteiger partial charge is 0.271 e. The molecule has 0 aliphatic heterocycles. The van der Waals surface area contributed by atoms with Gasteiger partial charge in [0.15, 0.2) is 0 Å². The zero-order valence-electron chi connectivity index (χ0n) is 5.48. The first-order chi connectivity index (χ1) is 3.91. The number of nitrogens with one attached hydrogen (secondary N) is 1. The fourth-order valence-corrected chi connectivity index (χ4v) is 1.45. The van der Waals surface area contributed by atoms with Crippen molar-refractivity contribution in [2.45, 2.75) is 25.4 Å². The molecule has 0 saturated heterocycles. The minimum absolute atomic E-state index is 0.717. The van der Waals surface area contributed by atoms with Gasteiger partial charge < -0.3 is 0 Å². The molecule has 8 heavy (non-hydrogen) atoms. The highest BCUT2D eigenvalue weighted by Crippen LogP contribution is 1.87. The second-order valence-electron chi connectivity index (χ2n) is 1.79. The van der Waals surface area contributed by atoms with Gasteiger partial charge in [0.1, 0.15) is 0 Å². The molecule has 2 nitrogen and oxygen atoms in total. The van der Waals surface area contributed by atoms with Crippen molar-refractivity contribution >= 4 is 9.52 Å². The summed E-state index contributed by atoms with van der Waals surface area (Å²) in [4.78, 5) is 0. The third-order valence-electron chi connectivity index (χ3n) is 1.02. The van der Waals surface area contributed by atoms with Crippen molar-refractivity contribution in [1.82, 2.24) is 5.43 Å². The Bertz CT molecular complexity index is 35.4. The van der Waals surface area contributed by atoms with Gasteiger partial charge in [-0.05, 0) is 6.42 Å². The Morgan fingerprint density at radius 2 is 2.38 bits per heavy atom. The van der Waals surface area contributed by atoms with Crippen molar-refractivity contribution in [1.29, 1.82) is 0 Å². The smallest absolute Gasteiger partial charge is 0.0277 e. The molecular formula is C5H15N2Si. The highest BCUT2D eigenvalue weighted by atomic mass is 28.2. The molecule has 0 rings (SSSR count). The van der Waals surface area contributed by atoms with Crippen LogP contribution in [0, 0.1) is 0 Å². The average molecular weight is 131 g/mol. The van der Waals surface area contributed by atoms with Crippen molar-refractivity contribution in [2.24, 2.45) is 5.84 Å². The normalized spacial score (nSPS) is 9.75. The third kappa shape index (κ3) is 6.14. The number of nitrogens with two attached hydrogens (primary N) is 1. The highest BCUT2D eigenvalue weighted by Gasteiger charge is 1.84. The fraction of sp³-hybridized carbons (Fsp3) is 1.00. The zero-order valence-corrected chi connectivity index (χ0v) is 6.64. The summed E-state index contributed by atoms with van der Waals surface area (Å²) in [5, 5.41) is 0. The molecule has 0 aromatic heterocycles. The van der Waals surface area contributed by atoms with Crippen molar-refractivity contribution in [2.75, 3.05) is 6.54 Å². The summed E-state index contributed by atoms with van der Waals surface area (Å²) in [6.45, 7) is 3.22. The molecule has 0 spiro atoms. The van der Waals surface area contributed by atoms with Crippen LogP contribution in [0.3, 0.4) is 0 Å². The standard InChI is InChI=1S/C5H15N2Si/c1-2-8-5-3-4-7-6/h7-8H,2-6H2,1H3. The van der Waals surface area contributed by atoms with Crippen molar-refractivity contribution < 1.29 is 0 Å². The van der Waals surface area contributed by atoms with Crippen LogP contribution in [0.15, 0.2) is 0 Å². The Morgan fingerprint density at radius 3 is 2.88 bits per heavy atom. The summed E-state index contributed by atoms with van der Waals surface area (Å²) < 4.78 is 0. The van der Waals surface area contributed by atoms with E-state index < -0.39 is 0 Å².